The van der Waals surface area contributed by atoms with Gasteiger partial charge < -0.3 is 38.3 Å². The monoisotopic (exact) mass is 672 g/mol. The zero-order valence-corrected chi connectivity index (χ0v) is 30.1. The van der Waals surface area contributed by atoms with E-state index in [1.165, 1.54) is 7.11 Å². The third kappa shape index (κ3) is 12.4. The van der Waals surface area contributed by atoms with Crippen LogP contribution in [0.1, 0.15) is 66.3 Å². The van der Waals surface area contributed by atoms with Gasteiger partial charge in [-0.15, -0.1) is 0 Å². The number of ether oxygens (including phenoxy) is 7. The van der Waals surface area contributed by atoms with Gasteiger partial charge in [0.15, 0.2) is 12.6 Å². The zero-order valence-electron chi connectivity index (χ0n) is 29.1. The van der Waals surface area contributed by atoms with Crippen molar-refractivity contribution in [2.45, 2.75) is 102 Å². The predicted molar refractivity (Wildman–Crippen MR) is 182 cm³/mol. The van der Waals surface area contributed by atoms with Gasteiger partial charge >= 0.3 is 11.9 Å². The van der Waals surface area contributed by atoms with Crippen LogP contribution in [0.25, 0.3) is 0 Å². The largest absolute Gasteiger partial charge is 0.497 e. The van der Waals surface area contributed by atoms with E-state index in [1.54, 1.807) is 56.5 Å². The van der Waals surface area contributed by atoms with Gasteiger partial charge in [-0.05, 0) is 82.3 Å². The summed E-state index contributed by atoms with van der Waals surface area (Å²) in [5.41, 5.74) is 1.48. The van der Waals surface area contributed by atoms with E-state index in [0.717, 1.165) is 6.04 Å². The van der Waals surface area contributed by atoms with Gasteiger partial charge in [0.2, 0.25) is 0 Å². The maximum Gasteiger partial charge on any atom is 0.342 e. The predicted octanol–water partition coefficient (Wildman–Crippen LogP) is 6.57. The van der Waals surface area contributed by atoms with Crippen LogP contribution in [-0.2, 0) is 30.1 Å². The highest BCUT2D eigenvalue weighted by Crippen LogP contribution is 2.36. The number of aliphatic hydroxyl groups excluding tert-OH is 1. The molecule has 1 aliphatic heterocycles. The molecule has 10 nitrogen and oxygen atoms in total. The average molecular weight is 673 g/mol. The quantitative estimate of drug-likeness (QED) is 0.0806. The molecule has 1 N–H and O–H groups in total. The van der Waals surface area contributed by atoms with Gasteiger partial charge in [0.25, 0.3) is 0 Å². The lowest BCUT2D eigenvalue weighted by atomic mass is 9.96. The van der Waals surface area contributed by atoms with E-state index < -0.39 is 50.2 Å². The molecule has 1 saturated heterocycles. The summed E-state index contributed by atoms with van der Waals surface area (Å²) in [7, 11) is 1.65. The van der Waals surface area contributed by atoms with Crippen molar-refractivity contribution in [2.75, 3.05) is 27.6 Å². The minimum Gasteiger partial charge on any atom is -0.497 e. The van der Waals surface area contributed by atoms with E-state index >= 15 is 0 Å². The number of methoxy groups -OCH3 is 2. The van der Waals surface area contributed by atoms with Crippen molar-refractivity contribution in [3.05, 3.63) is 71.3 Å². The lowest BCUT2D eigenvalue weighted by molar-refractivity contribution is -0.153. The molecule has 2 aromatic rings. The minimum atomic E-state index is -1.42. The highest BCUT2D eigenvalue weighted by molar-refractivity contribution is 6.76. The Balaban J connectivity index is 1.84. The van der Waals surface area contributed by atoms with Crippen LogP contribution >= 0.6 is 0 Å². The molecule has 2 aromatic carbocycles. The van der Waals surface area contributed by atoms with Gasteiger partial charge in [-0.2, -0.15) is 0 Å². The first kappa shape index (κ1) is 38.2. The fourth-order valence-corrected chi connectivity index (χ4v) is 5.91. The van der Waals surface area contributed by atoms with E-state index in [0.29, 0.717) is 60.5 Å². The van der Waals surface area contributed by atoms with Crippen molar-refractivity contribution in [1.82, 2.24) is 0 Å². The van der Waals surface area contributed by atoms with E-state index in [4.69, 9.17) is 33.2 Å². The molecule has 0 amide bonds. The molecule has 47 heavy (non-hydrogen) atoms. The Labute approximate surface area is 280 Å². The summed E-state index contributed by atoms with van der Waals surface area (Å²) >= 11 is 0. The number of benzene rings is 2. The molecule has 1 fully saturated rings. The second kappa shape index (κ2) is 17.8. The van der Waals surface area contributed by atoms with Gasteiger partial charge in [-0.25, -0.2) is 9.59 Å². The fraction of sp³-hybridized carbons (Fsp3) is 0.556. The maximum absolute atomic E-state index is 13.5. The number of carbonyl (C=O) groups is 2. The molecular formula is C36H52O10Si. The number of rotatable bonds is 18. The molecule has 1 unspecified atom stereocenters. The molecule has 0 aromatic heterocycles. The molecule has 3 rings (SSSR count). The average Bonchev–Trinajstić information content (AvgIpc) is 3.32. The normalized spacial score (nSPS) is 18.9. The number of hydrogen-bond donors (Lipinski definition) is 1. The Kier molecular flexibility index (Phi) is 14.5. The van der Waals surface area contributed by atoms with Crippen LogP contribution < -0.4 is 9.47 Å². The Morgan fingerprint density at radius 2 is 1.79 bits per heavy atom. The Hall–Kier alpha value is -3.22. The summed E-state index contributed by atoms with van der Waals surface area (Å²) in [6, 6.07) is 13.1. The van der Waals surface area contributed by atoms with Crippen LogP contribution in [-0.4, -0.2) is 82.9 Å². The van der Waals surface area contributed by atoms with Crippen LogP contribution in [0.3, 0.4) is 0 Å². The smallest absolute Gasteiger partial charge is 0.342 e. The Bertz CT molecular complexity index is 1320. The molecule has 0 aliphatic carbocycles. The number of esters is 2. The highest BCUT2D eigenvalue weighted by Gasteiger charge is 2.45. The van der Waals surface area contributed by atoms with Gasteiger partial charge in [-0.3, -0.25) is 0 Å². The third-order valence-corrected chi connectivity index (χ3v) is 9.25. The van der Waals surface area contributed by atoms with Crippen LogP contribution in [0, 0.1) is 0 Å². The topological polar surface area (TPSA) is 119 Å². The Morgan fingerprint density at radius 1 is 1.06 bits per heavy atom. The van der Waals surface area contributed by atoms with Gasteiger partial charge in [-0.1, -0.05) is 43.9 Å². The molecule has 1 heterocycles. The molecule has 4 atom stereocenters. The summed E-state index contributed by atoms with van der Waals surface area (Å²) in [5.74, 6) is -0.993. The standard InChI is InChI=1S/C36H52O10Si/c1-25(37)14-12-18-29(44-34(38)26-15-10-9-11-16-26)33-30(45-36(2,3)46-33)19-13-17-27-22-28(41-5)23-31(43-24-40-4)32(27)35(39)42-20-21-47(6,7)8/h9-12,15-16,18,22-23,25,29-30,33,37H,13-14,17,19-21,24H2,1-8H3/b18-12-/t25-,29?,30-,33+/m0/s1. The van der Waals surface area contributed by atoms with Crippen molar-refractivity contribution in [2.24, 2.45) is 0 Å². The second-order valence-corrected chi connectivity index (χ2v) is 19.1. The van der Waals surface area contributed by atoms with Crippen LogP contribution in [0.15, 0.2) is 54.6 Å². The Morgan fingerprint density at radius 3 is 2.43 bits per heavy atom. The van der Waals surface area contributed by atoms with Crippen molar-refractivity contribution in [1.29, 1.82) is 0 Å². The second-order valence-electron chi connectivity index (χ2n) is 13.4. The number of aliphatic hydroxyl groups is 1. The van der Waals surface area contributed by atoms with Gasteiger partial charge in [0, 0.05) is 21.3 Å². The highest BCUT2D eigenvalue weighted by atomic mass is 28.3. The first-order valence-electron chi connectivity index (χ1n) is 16.2. The fourth-order valence-electron chi connectivity index (χ4n) is 5.20. The lowest BCUT2D eigenvalue weighted by Crippen LogP contribution is -2.37. The van der Waals surface area contributed by atoms with Crippen LogP contribution in [0.5, 0.6) is 11.5 Å². The molecule has 0 spiro atoms. The van der Waals surface area contributed by atoms with Crippen LogP contribution in [0.4, 0.5) is 0 Å². The van der Waals surface area contributed by atoms with Crippen molar-refractivity contribution in [3.63, 3.8) is 0 Å². The van der Waals surface area contributed by atoms with E-state index in [-0.39, 0.29) is 6.79 Å². The molecule has 260 valence electrons. The van der Waals surface area contributed by atoms with Crippen molar-refractivity contribution >= 4 is 20.0 Å². The lowest BCUT2D eigenvalue weighted by Gasteiger charge is -2.25. The molecule has 0 bridgehead atoms. The molecule has 1 aliphatic rings. The van der Waals surface area contributed by atoms with Gasteiger partial charge in [0.1, 0.15) is 29.3 Å². The van der Waals surface area contributed by atoms with Crippen molar-refractivity contribution < 1.29 is 47.9 Å². The molecular weight excluding hydrogens is 620 g/mol. The maximum atomic E-state index is 13.5. The number of aryl methyl sites for hydroxylation is 1. The summed E-state index contributed by atoms with van der Waals surface area (Å²) in [4.78, 5) is 26.6. The SMILES string of the molecule is COCOc1cc(OC)cc(CCC[C@@H]2OC(C)(C)O[C@@H]2C(/C=C\C[C@H](C)O)OC(=O)c2ccccc2)c1C(=O)OCC[Si](C)(C)C. The van der Waals surface area contributed by atoms with E-state index in [9.17, 15) is 14.7 Å². The summed E-state index contributed by atoms with van der Waals surface area (Å²) < 4.78 is 40.8. The molecule has 0 saturated carbocycles. The number of carbonyl (C=O) groups excluding carboxylic acids is 2. The van der Waals surface area contributed by atoms with E-state index in [1.807, 2.05) is 26.0 Å². The van der Waals surface area contributed by atoms with Crippen LogP contribution in [0.2, 0.25) is 25.7 Å². The zero-order chi connectivity index (χ0) is 34.6. The first-order chi connectivity index (χ1) is 22.2. The van der Waals surface area contributed by atoms with Crippen molar-refractivity contribution in [3.8, 4) is 11.5 Å². The third-order valence-electron chi connectivity index (χ3n) is 7.55. The van der Waals surface area contributed by atoms with Gasteiger partial charge in [0.05, 0.1) is 31.5 Å². The van der Waals surface area contributed by atoms with E-state index in [2.05, 4.69) is 19.6 Å². The molecule has 0 radical (unpaired) electrons. The molecule has 11 heteroatoms. The summed E-state index contributed by atoms with van der Waals surface area (Å²) in [6.45, 7) is 12.3. The number of hydrogen-bond acceptors (Lipinski definition) is 10. The summed E-state index contributed by atoms with van der Waals surface area (Å²) in [5, 5.41) is 9.83. The summed E-state index contributed by atoms with van der Waals surface area (Å²) in [6.07, 6.45) is 3.19. The first-order valence-corrected chi connectivity index (χ1v) is 19.9. The minimum absolute atomic E-state index is 0.0442.